The maximum atomic E-state index is 12.6. The maximum Gasteiger partial charge on any atom is 0.162 e. The number of ketones is 2. The van der Waals surface area contributed by atoms with Crippen molar-refractivity contribution in [3.8, 4) is 11.5 Å². The molecule has 0 aromatic heterocycles. The summed E-state index contributed by atoms with van der Waals surface area (Å²) in [5.41, 5.74) is 3.63. The molecule has 0 bridgehead atoms. The lowest BCUT2D eigenvalue weighted by Gasteiger charge is -2.14. The summed E-state index contributed by atoms with van der Waals surface area (Å²) in [6.07, 6.45) is 7.08. The van der Waals surface area contributed by atoms with E-state index in [0.29, 0.717) is 46.2 Å². The summed E-state index contributed by atoms with van der Waals surface area (Å²) in [6, 6.07) is 6.90. The van der Waals surface area contributed by atoms with Crippen molar-refractivity contribution < 1.29 is 19.8 Å². The van der Waals surface area contributed by atoms with Crippen LogP contribution in [0.4, 0.5) is 0 Å². The van der Waals surface area contributed by atoms with E-state index in [1.165, 1.54) is 0 Å². The molecule has 0 spiro atoms. The number of carbonyl (C=O) groups excluding carboxylic acids is 2. The Morgan fingerprint density at radius 3 is 1.42 bits per heavy atom. The smallest absolute Gasteiger partial charge is 0.162 e. The van der Waals surface area contributed by atoms with Crippen molar-refractivity contribution in [2.24, 2.45) is 0 Å². The van der Waals surface area contributed by atoms with Gasteiger partial charge in [-0.1, -0.05) is 39.5 Å². The van der Waals surface area contributed by atoms with Crippen molar-refractivity contribution in [2.45, 2.75) is 85.5 Å². The van der Waals surface area contributed by atoms with Gasteiger partial charge in [-0.2, -0.15) is 0 Å². The molecule has 2 rings (SSSR count). The van der Waals surface area contributed by atoms with Gasteiger partial charge < -0.3 is 10.2 Å². The number of unbranched alkanes of at least 4 members (excludes halogenated alkanes) is 4. The largest absolute Gasteiger partial charge is 0.507 e. The molecule has 2 aromatic carbocycles. The number of aromatic hydroxyl groups is 2. The third kappa shape index (κ3) is 6.68. The predicted molar refractivity (Wildman–Crippen MR) is 125 cm³/mol. The molecule has 0 aliphatic carbocycles. The van der Waals surface area contributed by atoms with Crippen LogP contribution in [0, 0.1) is 13.8 Å². The van der Waals surface area contributed by atoms with Gasteiger partial charge in [0, 0.05) is 30.4 Å². The number of hydrogen-bond donors (Lipinski definition) is 2. The summed E-state index contributed by atoms with van der Waals surface area (Å²) in [7, 11) is 0. The van der Waals surface area contributed by atoms with Crippen LogP contribution in [0.3, 0.4) is 0 Å². The van der Waals surface area contributed by atoms with Crippen molar-refractivity contribution in [2.75, 3.05) is 0 Å². The lowest BCUT2D eigenvalue weighted by atomic mass is 9.92. The Kier molecular flexibility index (Phi) is 9.29. The molecule has 0 aliphatic rings. The van der Waals surface area contributed by atoms with E-state index in [4.69, 9.17) is 0 Å². The standard InChI is InChI=1S/C27H36O4/c1-5-7-9-11-24(28)20-13-18(3)26(30)22(15-20)17-23-16-21(14-19(4)27(23)31)25(29)12-10-8-6-2/h13-16,30-31H,5-12,17H2,1-4H3. The first-order valence-electron chi connectivity index (χ1n) is 11.5. The third-order valence-corrected chi connectivity index (χ3v) is 5.80. The van der Waals surface area contributed by atoms with Crippen LogP contribution >= 0.6 is 0 Å². The fourth-order valence-corrected chi connectivity index (χ4v) is 3.86. The number of Topliss-reactive ketones (excluding diaryl/α,β-unsaturated/α-hetero) is 2. The Labute approximate surface area is 186 Å². The molecule has 2 N–H and O–H groups in total. The fourth-order valence-electron chi connectivity index (χ4n) is 3.86. The first-order valence-corrected chi connectivity index (χ1v) is 11.5. The Morgan fingerprint density at radius 2 is 1.06 bits per heavy atom. The summed E-state index contributed by atoms with van der Waals surface area (Å²) < 4.78 is 0. The topological polar surface area (TPSA) is 74.6 Å². The molecule has 0 radical (unpaired) electrons. The minimum atomic E-state index is 0.0676. The highest BCUT2D eigenvalue weighted by molar-refractivity contribution is 5.97. The molecule has 0 aliphatic heterocycles. The van der Waals surface area contributed by atoms with Gasteiger partial charge in [0.15, 0.2) is 11.6 Å². The summed E-state index contributed by atoms with van der Waals surface area (Å²) in [6.45, 7) is 7.76. The monoisotopic (exact) mass is 424 g/mol. The minimum absolute atomic E-state index is 0.0676. The first-order chi connectivity index (χ1) is 14.8. The van der Waals surface area contributed by atoms with E-state index in [9.17, 15) is 19.8 Å². The molecule has 4 heteroatoms. The molecule has 0 fully saturated rings. The van der Waals surface area contributed by atoms with Gasteiger partial charge in [-0.25, -0.2) is 0 Å². The molecule has 168 valence electrons. The Hall–Kier alpha value is -2.62. The zero-order valence-corrected chi connectivity index (χ0v) is 19.4. The van der Waals surface area contributed by atoms with Crippen molar-refractivity contribution in [1.82, 2.24) is 0 Å². The second-order valence-corrected chi connectivity index (χ2v) is 8.54. The van der Waals surface area contributed by atoms with Crippen molar-refractivity contribution in [1.29, 1.82) is 0 Å². The molecule has 2 aromatic rings. The molecular formula is C27H36O4. The third-order valence-electron chi connectivity index (χ3n) is 5.80. The van der Waals surface area contributed by atoms with Gasteiger partial charge in [-0.3, -0.25) is 9.59 Å². The van der Waals surface area contributed by atoms with E-state index in [-0.39, 0.29) is 29.5 Å². The van der Waals surface area contributed by atoms with Crippen molar-refractivity contribution >= 4 is 11.6 Å². The van der Waals surface area contributed by atoms with Crippen LogP contribution in [0.15, 0.2) is 24.3 Å². The summed E-state index contributed by atoms with van der Waals surface area (Å²) in [5, 5.41) is 21.2. The molecule has 0 saturated carbocycles. The Morgan fingerprint density at radius 1 is 0.677 bits per heavy atom. The zero-order valence-electron chi connectivity index (χ0n) is 19.4. The highest BCUT2D eigenvalue weighted by Gasteiger charge is 2.17. The van der Waals surface area contributed by atoms with E-state index in [1.807, 2.05) is 0 Å². The molecule has 31 heavy (non-hydrogen) atoms. The van der Waals surface area contributed by atoms with Crippen LogP contribution in [0.2, 0.25) is 0 Å². The summed E-state index contributed by atoms with van der Waals surface area (Å²) in [5.74, 6) is 0.389. The number of benzene rings is 2. The number of phenols is 2. The lowest BCUT2D eigenvalue weighted by molar-refractivity contribution is 0.0971. The zero-order chi connectivity index (χ0) is 23.0. The SMILES string of the molecule is CCCCCC(=O)c1cc(C)c(O)c(Cc2cc(C(=O)CCCCC)cc(C)c2O)c1. The van der Waals surface area contributed by atoms with Gasteiger partial charge in [0.05, 0.1) is 0 Å². The van der Waals surface area contributed by atoms with E-state index >= 15 is 0 Å². The molecule has 0 unspecified atom stereocenters. The maximum absolute atomic E-state index is 12.6. The van der Waals surface area contributed by atoms with Crippen LogP contribution in [0.25, 0.3) is 0 Å². The number of hydrogen-bond acceptors (Lipinski definition) is 4. The molecule has 0 atom stereocenters. The van der Waals surface area contributed by atoms with E-state index in [2.05, 4.69) is 13.8 Å². The lowest BCUT2D eigenvalue weighted by Crippen LogP contribution is -2.04. The highest BCUT2D eigenvalue weighted by Crippen LogP contribution is 2.32. The van der Waals surface area contributed by atoms with Gasteiger partial charge >= 0.3 is 0 Å². The van der Waals surface area contributed by atoms with Gasteiger partial charge in [-0.05, 0) is 73.2 Å². The van der Waals surface area contributed by atoms with E-state index < -0.39 is 0 Å². The first kappa shape index (κ1) is 24.6. The quantitative estimate of drug-likeness (QED) is 0.289. The summed E-state index contributed by atoms with van der Waals surface area (Å²) >= 11 is 0. The van der Waals surface area contributed by atoms with Crippen LogP contribution in [-0.4, -0.2) is 21.8 Å². The van der Waals surface area contributed by atoms with Crippen molar-refractivity contribution in [3.63, 3.8) is 0 Å². The minimum Gasteiger partial charge on any atom is -0.507 e. The second kappa shape index (κ2) is 11.7. The van der Waals surface area contributed by atoms with Crippen LogP contribution in [0.5, 0.6) is 11.5 Å². The number of carbonyl (C=O) groups is 2. The number of phenolic OH excluding ortho intramolecular Hbond substituents is 2. The van der Waals surface area contributed by atoms with Crippen LogP contribution in [-0.2, 0) is 6.42 Å². The average Bonchev–Trinajstić information content (AvgIpc) is 2.74. The van der Waals surface area contributed by atoms with E-state index in [1.54, 1.807) is 38.1 Å². The molecular weight excluding hydrogens is 388 g/mol. The van der Waals surface area contributed by atoms with Gasteiger partial charge in [-0.15, -0.1) is 0 Å². The molecule has 0 heterocycles. The van der Waals surface area contributed by atoms with Crippen LogP contribution in [0.1, 0.15) is 108 Å². The normalized spacial score (nSPS) is 11.0. The number of aryl methyl sites for hydroxylation is 2. The van der Waals surface area contributed by atoms with Gasteiger partial charge in [0.25, 0.3) is 0 Å². The molecule has 0 amide bonds. The average molecular weight is 425 g/mol. The van der Waals surface area contributed by atoms with Crippen molar-refractivity contribution in [3.05, 3.63) is 57.6 Å². The molecule has 0 saturated heterocycles. The van der Waals surface area contributed by atoms with Crippen LogP contribution < -0.4 is 0 Å². The van der Waals surface area contributed by atoms with E-state index in [0.717, 1.165) is 38.5 Å². The fraction of sp³-hybridized carbons (Fsp3) is 0.481. The highest BCUT2D eigenvalue weighted by atomic mass is 16.3. The van der Waals surface area contributed by atoms with Gasteiger partial charge in [0.1, 0.15) is 11.5 Å². The van der Waals surface area contributed by atoms with Gasteiger partial charge in [0.2, 0.25) is 0 Å². The number of rotatable bonds is 12. The predicted octanol–water partition coefficient (Wildman–Crippen LogP) is 6.83. The Balaban J connectivity index is 2.32. The second-order valence-electron chi connectivity index (χ2n) is 8.54. The molecule has 4 nitrogen and oxygen atoms in total. The summed E-state index contributed by atoms with van der Waals surface area (Å²) in [4.78, 5) is 25.2. The Bertz CT molecular complexity index is 852.